The Morgan fingerprint density at radius 2 is 1.26 bits per heavy atom. The quantitative estimate of drug-likeness (QED) is 0.0112. The van der Waals surface area contributed by atoms with Crippen LogP contribution in [0.4, 0.5) is 0 Å². The van der Waals surface area contributed by atoms with Crippen molar-refractivity contribution in [3.8, 4) is 0 Å². The van der Waals surface area contributed by atoms with Gasteiger partial charge in [0.2, 0.25) is 0 Å². The third kappa shape index (κ3) is 19.2. The molecule has 1 aliphatic rings. The number of nitrogens with zero attached hydrogens (tertiary/aromatic N) is 3. The minimum absolute atomic E-state index is 0.150. The van der Waals surface area contributed by atoms with Crippen LogP contribution in [0.2, 0.25) is 0 Å². The Morgan fingerprint density at radius 3 is 1.78 bits per heavy atom. The Labute approximate surface area is 358 Å². The average Bonchev–Trinajstić information content (AvgIpc) is 3.20. The molecule has 58 heavy (non-hydrogen) atoms. The van der Waals surface area contributed by atoms with Crippen LogP contribution >= 0.6 is 22.6 Å². The van der Waals surface area contributed by atoms with Crippen LogP contribution in [0.15, 0.2) is 65.8 Å². The molecule has 1 saturated heterocycles. The largest absolute Gasteiger partial charge is 0.463 e. The molecule has 1 fully saturated rings. The molecule has 0 saturated carbocycles. The normalized spacial score (nSPS) is 20.6. The number of alkyl halides is 1. The van der Waals surface area contributed by atoms with Crippen molar-refractivity contribution in [3.05, 3.63) is 82.2 Å². The lowest BCUT2D eigenvalue weighted by atomic mass is 9.98. The van der Waals surface area contributed by atoms with Crippen LogP contribution in [0, 0.1) is 0 Å². The zero-order valence-electron chi connectivity index (χ0n) is 34.7. The van der Waals surface area contributed by atoms with Crippen molar-refractivity contribution in [1.29, 1.82) is 0 Å². The Kier molecular flexibility index (Phi) is 24.6. The van der Waals surface area contributed by atoms with Crippen LogP contribution in [0.3, 0.4) is 0 Å². The van der Waals surface area contributed by atoms with E-state index in [1.807, 2.05) is 83.3 Å². The molecular weight excluding hydrogens is 857 g/mol. The Morgan fingerprint density at radius 1 is 0.741 bits per heavy atom. The molecule has 13 nitrogen and oxygen atoms in total. The summed E-state index contributed by atoms with van der Waals surface area (Å²) in [5, 5.41) is 4.20. The van der Waals surface area contributed by atoms with Crippen molar-refractivity contribution < 1.29 is 47.5 Å². The molecule has 1 heterocycles. The predicted octanol–water partition coefficient (Wildman–Crippen LogP) is 9.90. The lowest BCUT2D eigenvalue weighted by Crippen LogP contribution is -2.60. The first-order chi connectivity index (χ1) is 28.1. The van der Waals surface area contributed by atoms with E-state index in [1.54, 1.807) is 0 Å². The Hall–Kier alpha value is -3.27. The molecule has 0 radical (unpaired) electrons. The zero-order valence-corrected chi connectivity index (χ0v) is 36.9. The summed E-state index contributed by atoms with van der Waals surface area (Å²) in [5.74, 6) is -1.80. The maximum absolute atomic E-state index is 12.2. The monoisotopic (exact) mass is 921 g/mol. The molecule has 14 heteroatoms. The van der Waals surface area contributed by atoms with Crippen LogP contribution in [0.5, 0.6) is 0 Å². The fourth-order valence-electron chi connectivity index (χ4n) is 6.99. The van der Waals surface area contributed by atoms with Crippen LogP contribution in [0.1, 0.15) is 122 Å². The summed E-state index contributed by atoms with van der Waals surface area (Å²) in [6.07, 6.45) is 9.98. The van der Waals surface area contributed by atoms with Gasteiger partial charge in [-0.05, 0) is 23.1 Å². The van der Waals surface area contributed by atoms with E-state index in [4.69, 9.17) is 33.2 Å². The Bertz CT molecular complexity index is 1500. The van der Waals surface area contributed by atoms with Crippen molar-refractivity contribution in [2.24, 2.45) is 5.11 Å². The van der Waals surface area contributed by atoms with Gasteiger partial charge in [-0.1, -0.05) is 172 Å². The van der Waals surface area contributed by atoms with E-state index < -0.39 is 64.7 Å². The van der Waals surface area contributed by atoms with E-state index >= 15 is 0 Å². The SMILES string of the molecule is CCCCCCCCCCCCCC[C@@H](OCc1ccccc1)[C@@H](OCc1ccccc1)[C@H](CO[C@H]1O[C@H](COC(C)=O)[C@H](OC(C)=O)[C@H](OC(C)=O)[C@@H]1I)N=[N+]=[N-]. The molecule has 3 rings (SSSR count). The number of hydrogen-bond donors (Lipinski definition) is 0. The molecule has 0 bridgehead atoms. The highest BCUT2D eigenvalue weighted by Crippen LogP contribution is 2.33. The second kappa shape index (κ2) is 29.0. The fourth-order valence-corrected chi connectivity index (χ4v) is 7.92. The highest BCUT2D eigenvalue weighted by Gasteiger charge is 2.50. The summed E-state index contributed by atoms with van der Waals surface area (Å²) in [4.78, 5) is 39.4. The van der Waals surface area contributed by atoms with Gasteiger partial charge in [-0.2, -0.15) is 0 Å². The number of azide groups is 1. The summed E-state index contributed by atoms with van der Waals surface area (Å²) < 4.78 is 41.7. The molecular formula is C44H64IN3O10. The number of ether oxygens (including phenoxy) is 7. The molecule has 0 spiro atoms. The number of unbranched alkanes of at least 4 members (excludes halogenated alkanes) is 11. The second-order valence-corrected chi connectivity index (χ2v) is 16.3. The van der Waals surface area contributed by atoms with Crippen molar-refractivity contribution in [2.75, 3.05) is 13.2 Å². The average molecular weight is 922 g/mol. The van der Waals surface area contributed by atoms with Gasteiger partial charge in [0.25, 0.3) is 0 Å². The van der Waals surface area contributed by atoms with Gasteiger partial charge in [-0.25, -0.2) is 0 Å². The lowest BCUT2D eigenvalue weighted by Gasteiger charge is -2.43. The molecule has 0 N–H and O–H groups in total. The lowest BCUT2D eigenvalue weighted by molar-refractivity contribution is -0.262. The van der Waals surface area contributed by atoms with Crippen molar-refractivity contribution >= 4 is 40.5 Å². The van der Waals surface area contributed by atoms with E-state index in [0.717, 1.165) is 30.4 Å². The van der Waals surface area contributed by atoms with Crippen molar-refractivity contribution in [3.63, 3.8) is 0 Å². The summed E-state index contributed by atoms with van der Waals surface area (Å²) in [6, 6.07) is 18.8. The number of benzene rings is 2. The second-order valence-electron chi connectivity index (χ2n) is 14.8. The highest BCUT2D eigenvalue weighted by atomic mass is 127. The minimum Gasteiger partial charge on any atom is -0.463 e. The Balaban J connectivity index is 1.81. The number of carbonyl (C=O) groups is 3. The standard InChI is InChI=1S/C44H64IN3O10/c1-5-6-7-8-9-10-11-12-13-14-15-22-27-38(53-28-35-23-18-16-19-24-35)41(54-29-36-25-20-17-21-26-36)37(47-48-46)30-55-44-40(45)43(57-34(4)51)42(56-33(3)50)39(58-44)31-52-32(2)49/h16-21,23-26,37-44H,5-15,22,27-31H2,1-4H3/t37-,38+,39+,40-,41-,42-,43+,44-/m0/s1. The van der Waals surface area contributed by atoms with E-state index in [9.17, 15) is 19.9 Å². The minimum atomic E-state index is -1.08. The zero-order chi connectivity index (χ0) is 42.0. The molecule has 1 aliphatic heterocycles. The van der Waals surface area contributed by atoms with Crippen LogP contribution in [0.25, 0.3) is 10.4 Å². The van der Waals surface area contributed by atoms with Crippen LogP contribution in [-0.4, -0.2) is 77.9 Å². The summed E-state index contributed by atoms with van der Waals surface area (Å²) in [6.45, 7) is 6.11. The smallest absolute Gasteiger partial charge is 0.303 e. The van der Waals surface area contributed by atoms with Crippen LogP contribution in [-0.2, 0) is 60.8 Å². The molecule has 0 aliphatic carbocycles. The molecule has 2 aromatic carbocycles. The summed E-state index contributed by atoms with van der Waals surface area (Å²) >= 11 is 2.03. The first-order valence-electron chi connectivity index (χ1n) is 20.9. The molecule has 2 aromatic rings. The predicted molar refractivity (Wildman–Crippen MR) is 229 cm³/mol. The summed E-state index contributed by atoms with van der Waals surface area (Å²) in [7, 11) is 0. The number of hydrogen-bond acceptors (Lipinski definition) is 11. The molecule has 0 unspecified atom stereocenters. The highest BCUT2D eigenvalue weighted by molar-refractivity contribution is 14.1. The number of halogens is 1. The van der Waals surface area contributed by atoms with Gasteiger partial charge in [-0.15, -0.1) is 0 Å². The molecule has 0 aromatic heterocycles. The van der Waals surface area contributed by atoms with Gasteiger partial charge < -0.3 is 33.2 Å². The van der Waals surface area contributed by atoms with E-state index in [0.29, 0.717) is 13.0 Å². The number of esters is 3. The maximum Gasteiger partial charge on any atom is 0.303 e. The molecule has 8 atom stereocenters. The maximum atomic E-state index is 12.2. The van der Waals surface area contributed by atoms with Crippen molar-refractivity contribution in [2.45, 2.75) is 171 Å². The van der Waals surface area contributed by atoms with Gasteiger partial charge in [-0.3, -0.25) is 14.4 Å². The van der Waals surface area contributed by atoms with Crippen LogP contribution < -0.4 is 0 Å². The van der Waals surface area contributed by atoms with Gasteiger partial charge in [0.05, 0.1) is 38.1 Å². The molecule has 0 amide bonds. The fraction of sp³-hybridized carbons (Fsp3) is 0.659. The van der Waals surface area contributed by atoms with Gasteiger partial charge >= 0.3 is 17.9 Å². The van der Waals surface area contributed by atoms with E-state index in [1.165, 1.54) is 78.6 Å². The summed E-state index contributed by atoms with van der Waals surface area (Å²) in [5.41, 5.74) is 11.8. The number of rotatable bonds is 29. The van der Waals surface area contributed by atoms with E-state index in [-0.39, 0.29) is 19.8 Å². The third-order valence-corrected chi connectivity index (χ3v) is 11.2. The van der Waals surface area contributed by atoms with Gasteiger partial charge in [0, 0.05) is 25.7 Å². The van der Waals surface area contributed by atoms with Gasteiger partial charge in [0.15, 0.2) is 18.5 Å². The third-order valence-electron chi connectivity index (χ3n) is 9.94. The van der Waals surface area contributed by atoms with Crippen molar-refractivity contribution in [1.82, 2.24) is 0 Å². The first-order valence-corrected chi connectivity index (χ1v) is 22.1. The number of carbonyl (C=O) groups excluding carboxylic acids is 3. The van der Waals surface area contributed by atoms with E-state index in [2.05, 4.69) is 16.9 Å². The topological polar surface area (TPSA) is 165 Å². The van der Waals surface area contributed by atoms with Gasteiger partial charge in [0.1, 0.15) is 16.6 Å². The molecule has 322 valence electrons. The first kappa shape index (κ1) is 49.1.